The highest BCUT2D eigenvalue weighted by atomic mass is 79.9. The van der Waals surface area contributed by atoms with Crippen LogP contribution >= 0.6 is 15.9 Å². The maximum Gasteiger partial charge on any atom is 0.149 e. The van der Waals surface area contributed by atoms with E-state index in [0.717, 1.165) is 11.6 Å². The second kappa shape index (κ2) is 6.12. The maximum atomic E-state index is 13.5. The van der Waals surface area contributed by atoms with E-state index in [2.05, 4.69) is 26.3 Å². The predicted molar refractivity (Wildman–Crippen MR) is 70.7 cm³/mol. The van der Waals surface area contributed by atoms with Gasteiger partial charge in [0.15, 0.2) is 0 Å². The fourth-order valence-electron chi connectivity index (χ4n) is 1.58. The summed E-state index contributed by atoms with van der Waals surface area (Å²) >= 11 is 3.01. The fraction of sp³-hybridized carbons (Fsp3) is 0.250. The molecule has 0 aliphatic heterocycles. The minimum atomic E-state index is -0.650. The summed E-state index contributed by atoms with van der Waals surface area (Å²) in [6, 6.07) is 2.17. The van der Waals surface area contributed by atoms with Crippen LogP contribution < -0.4 is 5.32 Å². The monoisotopic (exact) mass is 331 g/mol. The molecule has 1 aromatic heterocycles. The number of halogens is 3. The Morgan fingerprint density at radius 3 is 2.84 bits per heavy atom. The van der Waals surface area contributed by atoms with Crippen molar-refractivity contribution < 1.29 is 13.9 Å². The summed E-state index contributed by atoms with van der Waals surface area (Å²) in [6.45, 7) is 0.783. The van der Waals surface area contributed by atoms with Gasteiger partial charge in [0.2, 0.25) is 0 Å². The van der Waals surface area contributed by atoms with Crippen molar-refractivity contribution in [2.24, 2.45) is 0 Å². The molecule has 0 fully saturated rings. The highest BCUT2D eigenvalue weighted by Crippen LogP contribution is 2.24. The van der Waals surface area contributed by atoms with Crippen LogP contribution in [0.5, 0.6) is 0 Å². The second-order valence-electron chi connectivity index (χ2n) is 3.93. The van der Waals surface area contributed by atoms with Crippen molar-refractivity contribution >= 4 is 21.6 Å². The van der Waals surface area contributed by atoms with Crippen molar-refractivity contribution in [1.82, 2.24) is 9.78 Å². The number of aromatic nitrogens is 2. The van der Waals surface area contributed by atoms with Crippen molar-refractivity contribution in [3.05, 3.63) is 46.2 Å². The summed E-state index contributed by atoms with van der Waals surface area (Å²) in [7, 11) is 0. The summed E-state index contributed by atoms with van der Waals surface area (Å²) in [5.74, 6) is -1.29. The summed E-state index contributed by atoms with van der Waals surface area (Å²) < 4.78 is 28.3. The van der Waals surface area contributed by atoms with Gasteiger partial charge in [-0.2, -0.15) is 5.10 Å². The molecule has 0 amide bonds. The minimum Gasteiger partial charge on any atom is -0.394 e. The molecule has 0 radical (unpaired) electrons. The van der Waals surface area contributed by atoms with Crippen molar-refractivity contribution in [1.29, 1.82) is 0 Å². The average molecular weight is 332 g/mol. The van der Waals surface area contributed by atoms with Gasteiger partial charge in [-0.15, -0.1) is 0 Å². The van der Waals surface area contributed by atoms with Crippen LogP contribution in [0.1, 0.15) is 5.56 Å². The molecule has 1 heterocycles. The van der Waals surface area contributed by atoms with Crippen LogP contribution in [0.4, 0.5) is 14.5 Å². The van der Waals surface area contributed by atoms with Gasteiger partial charge >= 0.3 is 0 Å². The lowest BCUT2D eigenvalue weighted by molar-refractivity contribution is 0.269. The Morgan fingerprint density at radius 1 is 1.32 bits per heavy atom. The van der Waals surface area contributed by atoms with Gasteiger partial charge < -0.3 is 10.4 Å². The lowest BCUT2D eigenvalue weighted by Gasteiger charge is -2.07. The lowest BCUT2D eigenvalue weighted by Crippen LogP contribution is -2.03. The average Bonchev–Trinajstić information content (AvgIpc) is 2.80. The molecular weight excluding hydrogens is 320 g/mol. The van der Waals surface area contributed by atoms with Crippen LogP contribution in [0.15, 0.2) is 29.0 Å². The molecule has 2 aromatic rings. The van der Waals surface area contributed by atoms with E-state index in [0.29, 0.717) is 13.1 Å². The van der Waals surface area contributed by atoms with Gasteiger partial charge in [-0.3, -0.25) is 4.68 Å². The number of nitrogens with zero attached hydrogens (tertiary/aromatic N) is 2. The SMILES string of the molecule is OCCn1cc(CNc2cc(Br)c(F)cc2F)cn1. The number of rotatable bonds is 5. The van der Waals surface area contributed by atoms with Gasteiger partial charge in [-0.05, 0) is 22.0 Å². The van der Waals surface area contributed by atoms with Gasteiger partial charge in [0.05, 0.1) is 29.5 Å². The smallest absolute Gasteiger partial charge is 0.149 e. The molecule has 19 heavy (non-hydrogen) atoms. The number of nitrogens with one attached hydrogen (secondary N) is 1. The fourth-order valence-corrected chi connectivity index (χ4v) is 1.92. The molecule has 0 aliphatic rings. The van der Waals surface area contributed by atoms with E-state index in [1.54, 1.807) is 17.1 Å². The van der Waals surface area contributed by atoms with E-state index in [4.69, 9.17) is 5.11 Å². The Kier molecular flexibility index (Phi) is 4.49. The summed E-state index contributed by atoms with van der Waals surface area (Å²) in [4.78, 5) is 0. The first-order chi connectivity index (χ1) is 9.10. The number of aliphatic hydroxyl groups is 1. The zero-order chi connectivity index (χ0) is 13.8. The third-order valence-electron chi connectivity index (χ3n) is 2.51. The summed E-state index contributed by atoms with van der Waals surface area (Å²) in [5.41, 5.74) is 1.05. The molecule has 0 unspecified atom stereocenters. The first-order valence-electron chi connectivity index (χ1n) is 5.60. The molecule has 0 saturated heterocycles. The van der Waals surface area contributed by atoms with E-state index in [9.17, 15) is 8.78 Å². The number of aliphatic hydroxyl groups excluding tert-OH is 1. The molecule has 0 aliphatic carbocycles. The number of hydrogen-bond acceptors (Lipinski definition) is 3. The van der Waals surface area contributed by atoms with Gasteiger partial charge in [0.1, 0.15) is 11.6 Å². The Balaban J connectivity index is 2.03. The quantitative estimate of drug-likeness (QED) is 0.828. The highest BCUT2D eigenvalue weighted by molar-refractivity contribution is 9.10. The van der Waals surface area contributed by atoms with E-state index in [1.807, 2.05) is 0 Å². The van der Waals surface area contributed by atoms with Crippen LogP contribution in [-0.2, 0) is 13.1 Å². The second-order valence-corrected chi connectivity index (χ2v) is 4.79. The Labute approximate surface area is 117 Å². The maximum absolute atomic E-state index is 13.5. The molecule has 102 valence electrons. The van der Waals surface area contributed by atoms with Crippen molar-refractivity contribution in [2.45, 2.75) is 13.1 Å². The number of hydrogen-bond donors (Lipinski definition) is 2. The Bertz CT molecular complexity index is 574. The molecule has 4 nitrogen and oxygen atoms in total. The lowest BCUT2D eigenvalue weighted by atomic mass is 10.2. The largest absolute Gasteiger partial charge is 0.394 e. The summed E-state index contributed by atoms with van der Waals surface area (Å²) in [5, 5.41) is 15.7. The highest BCUT2D eigenvalue weighted by Gasteiger charge is 2.08. The number of anilines is 1. The van der Waals surface area contributed by atoms with Crippen LogP contribution in [0.2, 0.25) is 0 Å². The number of benzene rings is 1. The molecule has 0 atom stereocenters. The van der Waals surface area contributed by atoms with Crippen LogP contribution in [-0.4, -0.2) is 21.5 Å². The third-order valence-corrected chi connectivity index (χ3v) is 3.12. The van der Waals surface area contributed by atoms with Crippen molar-refractivity contribution in [3.8, 4) is 0 Å². The Morgan fingerprint density at radius 2 is 2.11 bits per heavy atom. The molecule has 2 N–H and O–H groups in total. The van der Waals surface area contributed by atoms with Gasteiger partial charge in [0.25, 0.3) is 0 Å². The topological polar surface area (TPSA) is 50.1 Å². The van der Waals surface area contributed by atoms with E-state index in [1.165, 1.54) is 6.07 Å². The van der Waals surface area contributed by atoms with Gasteiger partial charge in [0, 0.05) is 24.4 Å². The standard InChI is InChI=1S/C12H12BrF2N3O/c13-9-3-12(11(15)4-10(9)14)16-5-8-6-17-18(7-8)1-2-19/h3-4,6-7,16,19H,1-2,5H2. The van der Waals surface area contributed by atoms with Gasteiger partial charge in [-0.25, -0.2) is 8.78 Å². The summed E-state index contributed by atoms with van der Waals surface area (Å²) in [6.07, 6.45) is 3.37. The zero-order valence-corrected chi connectivity index (χ0v) is 11.5. The normalized spacial score (nSPS) is 10.7. The predicted octanol–water partition coefficient (Wildman–Crippen LogP) is 2.53. The molecular formula is C12H12BrF2N3O. The first-order valence-corrected chi connectivity index (χ1v) is 6.40. The van der Waals surface area contributed by atoms with E-state index >= 15 is 0 Å². The molecule has 1 aromatic carbocycles. The van der Waals surface area contributed by atoms with Crippen molar-refractivity contribution in [3.63, 3.8) is 0 Å². The van der Waals surface area contributed by atoms with Gasteiger partial charge in [-0.1, -0.05) is 0 Å². The van der Waals surface area contributed by atoms with Crippen molar-refractivity contribution in [2.75, 3.05) is 11.9 Å². The van der Waals surface area contributed by atoms with Crippen LogP contribution in [0.25, 0.3) is 0 Å². The molecule has 7 heteroatoms. The van der Waals surface area contributed by atoms with Crippen LogP contribution in [0.3, 0.4) is 0 Å². The van der Waals surface area contributed by atoms with Crippen LogP contribution in [0, 0.1) is 11.6 Å². The molecule has 0 saturated carbocycles. The Hall–Kier alpha value is -1.47. The molecule has 2 rings (SSSR count). The third kappa shape index (κ3) is 3.51. The minimum absolute atomic E-state index is 0.00802. The zero-order valence-electron chi connectivity index (χ0n) is 9.91. The molecule has 0 bridgehead atoms. The van der Waals surface area contributed by atoms with E-state index < -0.39 is 11.6 Å². The van der Waals surface area contributed by atoms with E-state index in [-0.39, 0.29) is 16.8 Å². The molecule has 0 spiro atoms. The first kappa shape index (κ1) is 14.0.